The summed E-state index contributed by atoms with van der Waals surface area (Å²) in [4.78, 5) is 11.9. The smallest absolute Gasteiger partial charge is 0.264 e. The minimum absolute atomic E-state index is 0.0393. The first-order valence-electron chi connectivity index (χ1n) is 7.29. The van der Waals surface area contributed by atoms with Crippen molar-refractivity contribution in [1.29, 1.82) is 5.26 Å². The minimum atomic E-state index is -3.69. The molecule has 0 bridgehead atoms. The summed E-state index contributed by atoms with van der Waals surface area (Å²) in [6.07, 6.45) is 0.874. The molecule has 25 heavy (non-hydrogen) atoms. The lowest BCUT2D eigenvalue weighted by atomic mass is 10.1. The number of sulfonamides is 1. The fraction of sp³-hybridized carbons (Fsp3) is 0.176. The van der Waals surface area contributed by atoms with Gasteiger partial charge in [-0.3, -0.25) is 4.79 Å². The van der Waals surface area contributed by atoms with Crippen LogP contribution in [0.4, 0.5) is 0 Å². The molecule has 0 fully saturated rings. The Bertz CT molecular complexity index is 932. The van der Waals surface area contributed by atoms with E-state index < -0.39 is 15.9 Å². The predicted octanol–water partition coefficient (Wildman–Crippen LogP) is 2.44. The Hall–Kier alpha value is -3.05. The fourth-order valence-electron chi connectivity index (χ4n) is 2.00. The monoisotopic (exact) mass is 360 g/mol. The van der Waals surface area contributed by atoms with Gasteiger partial charge in [-0.2, -0.15) is 5.26 Å². The van der Waals surface area contributed by atoms with Crippen molar-refractivity contribution in [1.82, 2.24) is 4.72 Å². The van der Waals surface area contributed by atoms with Crippen molar-refractivity contribution in [2.45, 2.75) is 6.92 Å². The lowest BCUT2D eigenvalue weighted by molar-refractivity contribution is 0.0981. The van der Waals surface area contributed by atoms with Crippen LogP contribution in [0.3, 0.4) is 0 Å². The number of nitrogens with one attached hydrogen (secondary N) is 1. The largest absolute Gasteiger partial charge is 0.494 e. The second-order valence-electron chi connectivity index (χ2n) is 5.04. The number of carbonyl (C=O) groups excluding carboxylic acids is 1. The Kier molecular flexibility index (Phi) is 5.62. The number of rotatable bonds is 6. The van der Waals surface area contributed by atoms with Gasteiger partial charge in [0.25, 0.3) is 5.91 Å². The average molecular weight is 360 g/mol. The van der Waals surface area contributed by atoms with Crippen LogP contribution in [0.1, 0.15) is 22.8 Å². The summed E-state index contributed by atoms with van der Waals surface area (Å²) in [5.41, 5.74) is 0.139. The molecule has 1 amide bonds. The molecule has 0 aromatic heterocycles. The maximum Gasteiger partial charge on any atom is 0.264 e. The van der Waals surface area contributed by atoms with Crippen molar-refractivity contribution in [3.8, 4) is 23.3 Å². The molecular weight excluding hydrogens is 344 g/mol. The van der Waals surface area contributed by atoms with E-state index >= 15 is 0 Å². The normalized spacial score (nSPS) is 10.6. The van der Waals surface area contributed by atoms with Gasteiger partial charge in [-0.15, -0.1) is 0 Å². The SMILES string of the molecule is CCOc1cccc(Oc2ccc(C(=O)NS(C)(=O)=O)cc2C#N)c1. The molecule has 130 valence electrons. The summed E-state index contributed by atoms with van der Waals surface area (Å²) in [6.45, 7) is 2.37. The van der Waals surface area contributed by atoms with Crippen LogP contribution in [0.25, 0.3) is 0 Å². The molecule has 0 atom stereocenters. The van der Waals surface area contributed by atoms with Crippen molar-refractivity contribution in [2.24, 2.45) is 0 Å². The summed E-state index contributed by atoms with van der Waals surface area (Å²) in [6, 6.07) is 12.9. The Morgan fingerprint density at radius 2 is 1.92 bits per heavy atom. The lowest BCUT2D eigenvalue weighted by Crippen LogP contribution is -2.29. The van der Waals surface area contributed by atoms with Gasteiger partial charge in [-0.05, 0) is 37.3 Å². The zero-order valence-corrected chi connectivity index (χ0v) is 14.5. The zero-order valence-electron chi connectivity index (χ0n) is 13.6. The van der Waals surface area contributed by atoms with E-state index in [1.807, 2.05) is 17.7 Å². The quantitative estimate of drug-likeness (QED) is 0.848. The van der Waals surface area contributed by atoms with E-state index in [-0.39, 0.29) is 16.9 Å². The molecular formula is C17H16N2O5S. The van der Waals surface area contributed by atoms with Crippen molar-refractivity contribution in [3.63, 3.8) is 0 Å². The summed E-state index contributed by atoms with van der Waals surface area (Å²) in [5.74, 6) is 0.523. The number of hydrogen-bond donors (Lipinski definition) is 1. The van der Waals surface area contributed by atoms with E-state index in [1.54, 1.807) is 24.3 Å². The third kappa shape index (κ3) is 5.22. The molecule has 2 aromatic rings. The number of amides is 1. The summed E-state index contributed by atoms with van der Waals surface area (Å²) < 4.78 is 35.2. The molecule has 2 aromatic carbocycles. The van der Waals surface area contributed by atoms with Gasteiger partial charge >= 0.3 is 0 Å². The molecule has 0 aliphatic carbocycles. The third-order valence-corrected chi connectivity index (χ3v) is 3.54. The van der Waals surface area contributed by atoms with Gasteiger partial charge in [0.05, 0.1) is 18.4 Å². The van der Waals surface area contributed by atoms with Gasteiger partial charge in [0, 0.05) is 11.6 Å². The highest BCUT2D eigenvalue weighted by molar-refractivity contribution is 7.89. The molecule has 0 saturated carbocycles. The van der Waals surface area contributed by atoms with Crippen LogP contribution < -0.4 is 14.2 Å². The predicted molar refractivity (Wildman–Crippen MR) is 91.2 cm³/mol. The Morgan fingerprint density at radius 1 is 1.20 bits per heavy atom. The van der Waals surface area contributed by atoms with Gasteiger partial charge < -0.3 is 9.47 Å². The van der Waals surface area contributed by atoms with E-state index in [2.05, 4.69) is 0 Å². The molecule has 8 heteroatoms. The number of carbonyl (C=O) groups is 1. The Morgan fingerprint density at radius 3 is 2.56 bits per heavy atom. The average Bonchev–Trinajstić information content (AvgIpc) is 2.54. The molecule has 0 aliphatic rings. The number of nitrogens with zero attached hydrogens (tertiary/aromatic N) is 1. The van der Waals surface area contributed by atoms with Crippen LogP contribution in [0.5, 0.6) is 17.2 Å². The second-order valence-corrected chi connectivity index (χ2v) is 6.78. The molecule has 0 unspecified atom stereocenters. The van der Waals surface area contributed by atoms with Gasteiger partial charge in [-0.25, -0.2) is 13.1 Å². The maximum absolute atomic E-state index is 11.9. The number of ether oxygens (including phenoxy) is 2. The first-order valence-corrected chi connectivity index (χ1v) is 9.18. The number of hydrogen-bond acceptors (Lipinski definition) is 6. The van der Waals surface area contributed by atoms with Gasteiger partial charge in [0.1, 0.15) is 23.3 Å². The van der Waals surface area contributed by atoms with Crippen LogP contribution in [0, 0.1) is 11.3 Å². The molecule has 0 radical (unpaired) electrons. The van der Waals surface area contributed by atoms with Crippen molar-refractivity contribution in [2.75, 3.05) is 12.9 Å². The topological polar surface area (TPSA) is 105 Å². The molecule has 2 rings (SSSR count). The molecule has 0 saturated heterocycles. The van der Waals surface area contributed by atoms with Crippen LogP contribution in [-0.4, -0.2) is 27.2 Å². The summed E-state index contributed by atoms with van der Waals surface area (Å²) >= 11 is 0. The third-order valence-electron chi connectivity index (χ3n) is 2.98. The minimum Gasteiger partial charge on any atom is -0.494 e. The van der Waals surface area contributed by atoms with Gasteiger partial charge in [-0.1, -0.05) is 6.07 Å². The first-order chi connectivity index (χ1) is 11.8. The Labute approximate surface area is 145 Å². The highest BCUT2D eigenvalue weighted by atomic mass is 32.2. The van der Waals surface area contributed by atoms with Crippen LogP contribution in [-0.2, 0) is 10.0 Å². The van der Waals surface area contributed by atoms with Crippen LogP contribution >= 0.6 is 0 Å². The van der Waals surface area contributed by atoms with E-state index in [0.717, 1.165) is 6.26 Å². The van der Waals surface area contributed by atoms with E-state index in [1.165, 1.54) is 18.2 Å². The first kappa shape index (κ1) is 18.3. The summed E-state index contributed by atoms with van der Waals surface area (Å²) in [5, 5.41) is 9.27. The highest BCUT2D eigenvalue weighted by Gasteiger charge is 2.14. The van der Waals surface area contributed by atoms with E-state index in [4.69, 9.17) is 9.47 Å². The number of nitriles is 1. The molecule has 1 N–H and O–H groups in total. The highest BCUT2D eigenvalue weighted by Crippen LogP contribution is 2.28. The van der Waals surface area contributed by atoms with Crippen molar-refractivity contribution >= 4 is 15.9 Å². The van der Waals surface area contributed by atoms with Gasteiger partial charge in [0.15, 0.2) is 0 Å². The lowest BCUT2D eigenvalue weighted by Gasteiger charge is -2.10. The molecule has 0 heterocycles. The maximum atomic E-state index is 11.9. The van der Waals surface area contributed by atoms with Crippen LogP contribution in [0.2, 0.25) is 0 Å². The van der Waals surface area contributed by atoms with Gasteiger partial charge in [0.2, 0.25) is 10.0 Å². The molecule has 7 nitrogen and oxygen atoms in total. The fourth-order valence-corrected chi connectivity index (χ4v) is 2.45. The number of benzene rings is 2. The van der Waals surface area contributed by atoms with Crippen molar-refractivity contribution < 1.29 is 22.7 Å². The van der Waals surface area contributed by atoms with E-state index in [0.29, 0.717) is 18.1 Å². The summed E-state index contributed by atoms with van der Waals surface area (Å²) in [7, 11) is -3.69. The second kappa shape index (κ2) is 7.68. The van der Waals surface area contributed by atoms with Crippen LogP contribution in [0.15, 0.2) is 42.5 Å². The molecule has 0 aliphatic heterocycles. The van der Waals surface area contributed by atoms with E-state index in [9.17, 15) is 18.5 Å². The zero-order chi connectivity index (χ0) is 18.4. The van der Waals surface area contributed by atoms with Crippen molar-refractivity contribution in [3.05, 3.63) is 53.6 Å². The standard InChI is InChI=1S/C17H16N2O5S/c1-3-23-14-5-4-6-15(10-14)24-16-8-7-12(9-13(16)11-18)17(20)19-25(2,21)22/h4-10H,3H2,1-2H3,(H,19,20). The molecule has 0 spiro atoms. The Balaban J connectivity index is 2.27.